The highest BCUT2D eigenvalue weighted by molar-refractivity contribution is 7.92. The Morgan fingerprint density at radius 3 is 2.52 bits per heavy atom. The minimum Gasteiger partial charge on any atom is -0.481 e. The van der Waals surface area contributed by atoms with Crippen molar-refractivity contribution in [3.63, 3.8) is 0 Å². The normalized spacial score (nSPS) is 11.0. The molecule has 27 heavy (non-hydrogen) atoms. The minimum absolute atomic E-state index is 0.000554. The van der Waals surface area contributed by atoms with Crippen molar-refractivity contribution in [1.29, 1.82) is 0 Å². The van der Waals surface area contributed by atoms with Crippen LogP contribution < -0.4 is 10.0 Å². The summed E-state index contributed by atoms with van der Waals surface area (Å²) in [5.41, 5.74) is 1.71. The van der Waals surface area contributed by atoms with Crippen molar-refractivity contribution in [3.05, 3.63) is 59.7 Å². The van der Waals surface area contributed by atoms with E-state index in [-0.39, 0.29) is 23.4 Å². The molecule has 0 aliphatic heterocycles. The van der Waals surface area contributed by atoms with Crippen LogP contribution in [0.5, 0.6) is 0 Å². The van der Waals surface area contributed by atoms with Gasteiger partial charge in [0.25, 0.3) is 5.91 Å². The third kappa shape index (κ3) is 6.41. The average molecular weight is 390 g/mol. The van der Waals surface area contributed by atoms with Crippen LogP contribution in [0.4, 0.5) is 11.4 Å². The number of hydrogen-bond acceptors (Lipinski definition) is 4. The number of anilines is 2. The maximum absolute atomic E-state index is 12.6. The maximum Gasteiger partial charge on any atom is 0.303 e. The second-order valence-electron chi connectivity index (χ2n) is 6.01. The molecule has 0 aromatic heterocycles. The second-order valence-corrected chi connectivity index (χ2v) is 7.86. The van der Waals surface area contributed by atoms with Crippen molar-refractivity contribution in [1.82, 2.24) is 0 Å². The summed E-state index contributed by atoms with van der Waals surface area (Å²) in [6.07, 6.45) is 0.818. The third-order valence-electron chi connectivity index (χ3n) is 3.72. The highest BCUT2D eigenvalue weighted by Crippen LogP contribution is 2.20. The van der Waals surface area contributed by atoms with E-state index in [9.17, 15) is 18.0 Å². The number of carboxylic acid groups (broad SMARTS) is 1. The van der Waals surface area contributed by atoms with Gasteiger partial charge < -0.3 is 10.4 Å². The van der Waals surface area contributed by atoms with Gasteiger partial charge in [0.15, 0.2) is 0 Å². The number of rotatable bonds is 9. The molecule has 8 heteroatoms. The third-order valence-corrected chi connectivity index (χ3v) is 5.20. The summed E-state index contributed by atoms with van der Waals surface area (Å²) in [4.78, 5) is 23.3. The number of carbonyl (C=O) groups is 2. The maximum atomic E-state index is 12.6. The number of sulfonamides is 1. The van der Waals surface area contributed by atoms with Crippen LogP contribution in [0.25, 0.3) is 0 Å². The van der Waals surface area contributed by atoms with Crippen LogP contribution in [-0.4, -0.2) is 31.2 Å². The second kappa shape index (κ2) is 9.18. The number of amides is 1. The molecule has 0 fully saturated rings. The van der Waals surface area contributed by atoms with E-state index in [2.05, 4.69) is 10.0 Å². The largest absolute Gasteiger partial charge is 0.481 e. The molecule has 7 nitrogen and oxygen atoms in total. The minimum atomic E-state index is -3.52. The Balaban J connectivity index is 2.17. The van der Waals surface area contributed by atoms with Gasteiger partial charge in [-0.1, -0.05) is 31.2 Å². The molecule has 0 radical (unpaired) electrons. The molecule has 0 unspecified atom stereocenters. The van der Waals surface area contributed by atoms with E-state index in [1.165, 1.54) is 12.1 Å². The van der Waals surface area contributed by atoms with Gasteiger partial charge in [0.2, 0.25) is 10.0 Å². The SMILES string of the molecule is CCCS(=O)(=O)Nc1ccccc1C(=O)Nc1cccc(CCC(=O)O)c1. The van der Waals surface area contributed by atoms with Crippen LogP contribution in [-0.2, 0) is 21.2 Å². The first-order valence-electron chi connectivity index (χ1n) is 8.52. The lowest BCUT2D eigenvalue weighted by atomic mass is 10.1. The zero-order valence-electron chi connectivity index (χ0n) is 14.9. The molecule has 0 bridgehead atoms. The Labute approximate surface area is 158 Å². The Hall–Kier alpha value is -2.87. The first-order valence-corrected chi connectivity index (χ1v) is 10.2. The molecule has 0 saturated heterocycles. The summed E-state index contributed by atoms with van der Waals surface area (Å²) < 4.78 is 26.5. The summed E-state index contributed by atoms with van der Waals surface area (Å²) >= 11 is 0. The Morgan fingerprint density at radius 1 is 1.07 bits per heavy atom. The van der Waals surface area contributed by atoms with Crippen LogP contribution in [0.1, 0.15) is 35.7 Å². The van der Waals surface area contributed by atoms with Crippen molar-refractivity contribution in [3.8, 4) is 0 Å². The van der Waals surface area contributed by atoms with Gasteiger partial charge in [-0.25, -0.2) is 8.42 Å². The van der Waals surface area contributed by atoms with Crippen LogP contribution in [0, 0.1) is 0 Å². The van der Waals surface area contributed by atoms with Crippen molar-refractivity contribution < 1.29 is 23.1 Å². The van der Waals surface area contributed by atoms with E-state index < -0.39 is 21.9 Å². The lowest BCUT2D eigenvalue weighted by molar-refractivity contribution is -0.136. The quantitative estimate of drug-likeness (QED) is 0.609. The first kappa shape index (κ1) is 20.4. The number of hydrogen-bond donors (Lipinski definition) is 3. The molecule has 0 aliphatic rings. The van der Waals surface area contributed by atoms with E-state index in [0.29, 0.717) is 18.5 Å². The predicted molar refractivity (Wildman–Crippen MR) is 104 cm³/mol. The molecule has 2 aromatic rings. The molecule has 144 valence electrons. The monoisotopic (exact) mass is 390 g/mol. The fourth-order valence-corrected chi connectivity index (χ4v) is 3.66. The molecule has 0 saturated carbocycles. The van der Waals surface area contributed by atoms with Crippen LogP contribution >= 0.6 is 0 Å². The van der Waals surface area contributed by atoms with Gasteiger partial charge in [0, 0.05) is 12.1 Å². The number of aliphatic carboxylic acids is 1. The van der Waals surface area contributed by atoms with Crippen LogP contribution in [0.2, 0.25) is 0 Å². The number of aryl methyl sites for hydroxylation is 1. The summed E-state index contributed by atoms with van der Waals surface area (Å²) in [5, 5.41) is 11.5. The van der Waals surface area contributed by atoms with Crippen molar-refractivity contribution >= 4 is 33.3 Å². The van der Waals surface area contributed by atoms with Crippen molar-refractivity contribution in [2.24, 2.45) is 0 Å². The topological polar surface area (TPSA) is 113 Å². The number of nitrogens with one attached hydrogen (secondary N) is 2. The van der Waals surface area contributed by atoms with E-state index in [0.717, 1.165) is 5.56 Å². The average Bonchev–Trinajstić information content (AvgIpc) is 2.60. The number of benzene rings is 2. The number of carboxylic acids is 1. The fourth-order valence-electron chi connectivity index (χ4n) is 2.51. The zero-order chi connectivity index (χ0) is 19.9. The first-order chi connectivity index (χ1) is 12.8. The van der Waals surface area contributed by atoms with E-state index >= 15 is 0 Å². The number of carbonyl (C=O) groups excluding carboxylic acids is 1. The predicted octanol–water partition coefficient (Wildman–Crippen LogP) is 3.11. The highest BCUT2D eigenvalue weighted by atomic mass is 32.2. The molecule has 0 atom stereocenters. The summed E-state index contributed by atoms with van der Waals surface area (Å²) in [5.74, 6) is -1.38. The molecular formula is C19H22N2O5S. The Morgan fingerprint density at radius 2 is 1.81 bits per heavy atom. The van der Waals surface area contributed by atoms with Crippen LogP contribution in [0.3, 0.4) is 0 Å². The van der Waals surface area contributed by atoms with E-state index in [1.807, 2.05) is 0 Å². The van der Waals surface area contributed by atoms with Gasteiger partial charge >= 0.3 is 5.97 Å². The Bertz CT molecular complexity index is 925. The molecule has 0 spiro atoms. The highest BCUT2D eigenvalue weighted by Gasteiger charge is 2.16. The summed E-state index contributed by atoms with van der Waals surface area (Å²) in [6.45, 7) is 1.76. The number of para-hydroxylation sites is 1. The van der Waals surface area contributed by atoms with E-state index in [1.54, 1.807) is 43.3 Å². The van der Waals surface area contributed by atoms with Gasteiger partial charge in [-0.15, -0.1) is 0 Å². The smallest absolute Gasteiger partial charge is 0.303 e. The molecule has 1 amide bonds. The molecule has 2 aromatic carbocycles. The van der Waals surface area contributed by atoms with Gasteiger partial charge in [-0.3, -0.25) is 14.3 Å². The Kier molecular flexibility index (Phi) is 6.95. The fraction of sp³-hybridized carbons (Fsp3) is 0.263. The summed E-state index contributed by atoms with van der Waals surface area (Å²) in [6, 6.07) is 13.3. The van der Waals surface area contributed by atoms with Crippen LogP contribution in [0.15, 0.2) is 48.5 Å². The summed E-state index contributed by atoms with van der Waals surface area (Å²) in [7, 11) is -3.52. The molecular weight excluding hydrogens is 368 g/mol. The lowest BCUT2D eigenvalue weighted by Crippen LogP contribution is -2.20. The van der Waals surface area contributed by atoms with Gasteiger partial charge in [-0.05, 0) is 42.7 Å². The van der Waals surface area contributed by atoms with Gasteiger partial charge in [0.1, 0.15) is 0 Å². The molecule has 2 rings (SSSR count). The van der Waals surface area contributed by atoms with Crippen molar-refractivity contribution in [2.45, 2.75) is 26.2 Å². The molecule has 0 heterocycles. The van der Waals surface area contributed by atoms with Gasteiger partial charge in [-0.2, -0.15) is 0 Å². The van der Waals surface area contributed by atoms with Gasteiger partial charge in [0.05, 0.1) is 17.0 Å². The van der Waals surface area contributed by atoms with Crippen molar-refractivity contribution in [2.75, 3.05) is 15.8 Å². The molecule has 0 aliphatic carbocycles. The molecule has 3 N–H and O–H groups in total. The lowest BCUT2D eigenvalue weighted by Gasteiger charge is -2.13. The van der Waals surface area contributed by atoms with E-state index in [4.69, 9.17) is 5.11 Å². The zero-order valence-corrected chi connectivity index (χ0v) is 15.8. The standard InChI is InChI=1S/C19H22N2O5S/c1-2-12-27(25,26)21-17-9-4-3-8-16(17)19(24)20-15-7-5-6-14(13-15)10-11-18(22)23/h3-9,13,21H,2,10-12H2,1H3,(H,20,24)(H,22,23).